The van der Waals surface area contributed by atoms with Gasteiger partial charge in [-0.3, -0.25) is 4.79 Å². The zero-order valence-corrected chi connectivity index (χ0v) is 12.5. The van der Waals surface area contributed by atoms with Crippen LogP contribution >= 0.6 is 0 Å². The van der Waals surface area contributed by atoms with Crippen LogP contribution in [-0.2, 0) is 14.3 Å². The molecule has 0 bridgehead atoms. The van der Waals surface area contributed by atoms with Gasteiger partial charge in [-0.2, -0.15) is 0 Å². The molecule has 0 amide bonds. The highest BCUT2D eigenvalue weighted by molar-refractivity contribution is 5.82. The molecule has 0 spiro atoms. The highest BCUT2D eigenvalue weighted by Gasteiger charge is 2.28. The van der Waals surface area contributed by atoms with E-state index < -0.39 is 0 Å². The average Bonchev–Trinajstić information content (AvgIpc) is 2.47. The summed E-state index contributed by atoms with van der Waals surface area (Å²) in [6, 6.07) is 5.52. The number of hydrogen-bond donors (Lipinski definition) is 1. The van der Waals surface area contributed by atoms with Gasteiger partial charge in [0, 0.05) is 7.11 Å². The molecule has 0 aliphatic carbocycles. The third-order valence-electron chi connectivity index (χ3n) is 3.39. The van der Waals surface area contributed by atoms with Crippen LogP contribution in [0.3, 0.4) is 0 Å². The summed E-state index contributed by atoms with van der Waals surface area (Å²) in [6.45, 7) is 3.48. The van der Waals surface area contributed by atoms with Gasteiger partial charge in [-0.15, -0.1) is 0 Å². The highest BCUT2D eigenvalue weighted by atomic mass is 16.6. The first-order valence-electron chi connectivity index (χ1n) is 7.10. The van der Waals surface area contributed by atoms with Gasteiger partial charge in [-0.25, -0.2) is 0 Å². The van der Waals surface area contributed by atoms with E-state index in [9.17, 15) is 4.79 Å². The fourth-order valence-corrected chi connectivity index (χ4v) is 2.32. The van der Waals surface area contributed by atoms with Crippen molar-refractivity contribution in [2.75, 3.05) is 44.0 Å². The zero-order chi connectivity index (χ0) is 15.2. The number of para-hydroxylation sites is 1. The molecule has 0 radical (unpaired) electrons. The standard InChI is InChI=1S/C15H22N2O4/c1-3-11-9-17(10-14(18)20-8-7-19-2)15-12(16)5-4-6-13(15)21-11/h4-6,11H,3,7-10,16H2,1-2H3. The first-order valence-corrected chi connectivity index (χ1v) is 7.10. The smallest absolute Gasteiger partial charge is 0.325 e. The van der Waals surface area contributed by atoms with E-state index in [0.717, 1.165) is 17.9 Å². The maximum absolute atomic E-state index is 11.9. The molecule has 0 saturated carbocycles. The van der Waals surface area contributed by atoms with Gasteiger partial charge in [0.25, 0.3) is 0 Å². The van der Waals surface area contributed by atoms with Crippen molar-refractivity contribution in [3.05, 3.63) is 18.2 Å². The topological polar surface area (TPSA) is 74.0 Å². The summed E-state index contributed by atoms with van der Waals surface area (Å²) in [7, 11) is 1.57. The zero-order valence-electron chi connectivity index (χ0n) is 12.5. The second-order valence-corrected chi connectivity index (χ2v) is 4.94. The molecule has 1 aliphatic rings. The van der Waals surface area contributed by atoms with E-state index in [2.05, 4.69) is 6.92 Å². The van der Waals surface area contributed by atoms with Gasteiger partial charge in [0.05, 0.1) is 18.8 Å². The van der Waals surface area contributed by atoms with Crippen molar-refractivity contribution in [2.24, 2.45) is 0 Å². The third-order valence-corrected chi connectivity index (χ3v) is 3.39. The monoisotopic (exact) mass is 294 g/mol. The molecular weight excluding hydrogens is 272 g/mol. The average molecular weight is 294 g/mol. The Morgan fingerprint density at radius 3 is 3.00 bits per heavy atom. The van der Waals surface area contributed by atoms with Crippen molar-refractivity contribution in [1.82, 2.24) is 0 Å². The van der Waals surface area contributed by atoms with Gasteiger partial charge in [0.15, 0.2) is 0 Å². The van der Waals surface area contributed by atoms with E-state index in [-0.39, 0.29) is 25.2 Å². The number of anilines is 2. The lowest BCUT2D eigenvalue weighted by Crippen LogP contribution is -2.43. The molecule has 0 fully saturated rings. The number of nitrogen functional groups attached to an aromatic ring is 1. The minimum atomic E-state index is -0.294. The van der Waals surface area contributed by atoms with Crippen LogP contribution < -0.4 is 15.4 Å². The summed E-state index contributed by atoms with van der Waals surface area (Å²) in [5, 5.41) is 0. The van der Waals surface area contributed by atoms with E-state index in [1.54, 1.807) is 13.2 Å². The van der Waals surface area contributed by atoms with Gasteiger partial charge in [0.1, 0.15) is 30.7 Å². The van der Waals surface area contributed by atoms with Crippen molar-refractivity contribution in [3.63, 3.8) is 0 Å². The number of carbonyl (C=O) groups is 1. The molecule has 6 heteroatoms. The number of fused-ring (bicyclic) bond motifs is 1. The molecule has 1 unspecified atom stereocenters. The number of nitrogens with zero attached hydrogens (tertiary/aromatic N) is 1. The number of esters is 1. The fraction of sp³-hybridized carbons (Fsp3) is 0.533. The summed E-state index contributed by atoms with van der Waals surface area (Å²) in [5.74, 6) is 0.427. The summed E-state index contributed by atoms with van der Waals surface area (Å²) < 4.78 is 15.9. The Labute approximate surface area is 124 Å². The van der Waals surface area contributed by atoms with Gasteiger partial charge < -0.3 is 24.8 Å². The highest BCUT2D eigenvalue weighted by Crippen LogP contribution is 2.38. The molecule has 1 aromatic carbocycles. The Hall–Kier alpha value is -1.95. The normalized spacial score (nSPS) is 17.0. The number of nitrogens with two attached hydrogens (primary N) is 1. The Balaban J connectivity index is 2.10. The van der Waals surface area contributed by atoms with E-state index in [1.165, 1.54) is 0 Å². The van der Waals surface area contributed by atoms with Crippen LogP contribution in [0.4, 0.5) is 11.4 Å². The molecule has 6 nitrogen and oxygen atoms in total. The van der Waals surface area contributed by atoms with Crippen LogP contribution in [-0.4, -0.2) is 45.5 Å². The Morgan fingerprint density at radius 1 is 1.48 bits per heavy atom. The number of carbonyl (C=O) groups excluding carboxylic acids is 1. The van der Waals surface area contributed by atoms with Gasteiger partial charge in [-0.05, 0) is 18.6 Å². The molecule has 1 aromatic rings. The minimum absolute atomic E-state index is 0.0473. The van der Waals surface area contributed by atoms with E-state index in [0.29, 0.717) is 18.8 Å². The van der Waals surface area contributed by atoms with Crippen LogP contribution in [0.2, 0.25) is 0 Å². The van der Waals surface area contributed by atoms with Crippen LogP contribution in [0, 0.1) is 0 Å². The van der Waals surface area contributed by atoms with Crippen molar-refractivity contribution in [1.29, 1.82) is 0 Å². The summed E-state index contributed by atoms with van der Waals surface area (Å²) in [5.41, 5.74) is 7.40. The van der Waals surface area contributed by atoms with Crippen LogP contribution in [0.5, 0.6) is 5.75 Å². The molecule has 1 aliphatic heterocycles. The molecule has 0 aromatic heterocycles. The van der Waals surface area contributed by atoms with E-state index in [1.807, 2.05) is 17.0 Å². The molecule has 1 heterocycles. The summed E-state index contributed by atoms with van der Waals surface area (Å²) >= 11 is 0. The van der Waals surface area contributed by atoms with Gasteiger partial charge >= 0.3 is 5.97 Å². The largest absolute Gasteiger partial charge is 0.486 e. The quantitative estimate of drug-likeness (QED) is 0.486. The fourth-order valence-electron chi connectivity index (χ4n) is 2.32. The Bertz CT molecular complexity index is 493. The second-order valence-electron chi connectivity index (χ2n) is 4.94. The van der Waals surface area contributed by atoms with Crippen LogP contribution in [0.25, 0.3) is 0 Å². The predicted molar refractivity (Wildman–Crippen MR) is 80.6 cm³/mol. The molecule has 21 heavy (non-hydrogen) atoms. The SMILES string of the molecule is CCC1CN(CC(=O)OCCOC)c2c(N)cccc2O1. The predicted octanol–water partition coefficient (Wildman–Crippen LogP) is 1.44. The minimum Gasteiger partial charge on any atom is -0.486 e. The van der Waals surface area contributed by atoms with Gasteiger partial charge in [-0.1, -0.05) is 13.0 Å². The molecule has 0 saturated heterocycles. The van der Waals surface area contributed by atoms with Crippen molar-refractivity contribution < 1.29 is 19.0 Å². The molecule has 116 valence electrons. The maximum Gasteiger partial charge on any atom is 0.325 e. The van der Waals surface area contributed by atoms with Crippen LogP contribution in [0.1, 0.15) is 13.3 Å². The Kier molecular flexibility index (Phi) is 5.27. The van der Waals surface area contributed by atoms with Crippen molar-refractivity contribution >= 4 is 17.3 Å². The maximum atomic E-state index is 11.9. The second kappa shape index (κ2) is 7.17. The number of methoxy groups -OCH3 is 1. The van der Waals surface area contributed by atoms with Crippen LogP contribution in [0.15, 0.2) is 18.2 Å². The number of benzene rings is 1. The first-order chi connectivity index (χ1) is 10.2. The summed E-state index contributed by atoms with van der Waals surface area (Å²) in [4.78, 5) is 13.8. The number of hydrogen-bond acceptors (Lipinski definition) is 6. The molecule has 2 N–H and O–H groups in total. The third kappa shape index (κ3) is 3.78. The molecular formula is C15H22N2O4. The number of rotatable bonds is 6. The lowest BCUT2D eigenvalue weighted by molar-refractivity contribution is -0.143. The lowest BCUT2D eigenvalue weighted by Gasteiger charge is -2.36. The molecule has 1 atom stereocenters. The first kappa shape index (κ1) is 15.4. The van der Waals surface area contributed by atoms with E-state index >= 15 is 0 Å². The molecule has 2 rings (SSSR count). The Morgan fingerprint density at radius 2 is 2.29 bits per heavy atom. The van der Waals surface area contributed by atoms with Crippen molar-refractivity contribution in [2.45, 2.75) is 19.4 Å². The van der Waals surface area contributed by atoms with Crippen molar-refractivity contribution in [3.8, 4) is 5.75 Å². The number of ether oxygens (including phenoxy) is 3. The summed E-state index contributed by atoms with van der Waals surface area (Å²) in [6.07, 6.45) is 0.912. The lowest BCUT2D eigenvalue weighted by atomic mass is 10.1. The van der Waals surface area contributed by atoms with E-state index in [4.69, 9.17) is 19.9 Å². The van der Waals surface area contributed by atoms with Gasteiger partial charge in [0.2, 0.25) is 0 Å².